The second-order valence-electron chi connectivity index (χ2n) is 6.90. The Hall–Kier alpha value is -2.55. The standard InChI is InChI=1S/C22H24N2O/c25-22(16-17-9-10-18-6-3-7-20(18)15-17)23-12-4-13-24-14-11-19-5-1-2-8-21(19)24/h1-2,5,8-11,14-15H,3-4,6-7,12-13,16H2,(H,23,25). The molecule has 25 heavy (non-hydrogen) atoms. The molecule has 1 heterocycles. The first-order valence-electron chi connectivity index (χ1n) is 9.21. The summed E-state index contributed by atoms with van der Waals surface area (Å²) in [6, 6.07) is 17.1. The Morgan fingerprint density at radius 3 is 2.88 bits per heavy atom. The number of nitrogens with zero attached hydrogens (tertiary/aromatic N) is 1. The highest BCUT2D eigenvalue weighted by Gasteiger charge is 2.12. The molecule has 3 aromatic rings. The molecule has 0 saturated heterocycles. The lowest BCUT2D eigenvalue weighted by atomic mass is 10.0. The Labute approximate surface area is 148 Å². The van der Waals surface area contributed by atoms with Crippen molar-refractivity contribution in [3.63, 3.8) is 0 Å². The monoisotopic (exact) mass is 332 g/mol. The van der Waals surface area contributed by atoms with Crippen LogP contribution in [0.2, 0.25) is 0 Å². The molecule has 0 spiro atoms. The van der Waals surface area contributed by atoms with Gasteiger partial charge < -0.3 is 9.88 Å². The number of carbonyl (C=O) groups is 1. The Morgan fingerprint density at radius 2 is 1.92 bits per heavy atom. The van der Waals surface area contributed by atoms with Crippen LogP contribution in [0.25, 0.3) is 10.9 Å². The molecule has 0 unspecified atom stereocenters. The number of nitrogens with one attached hydrogen (secondary N) is 1. The van der Waals surface area contributed by atoms with Crippen molar-refractivity contribution in [2.45, 2.75) is 38.6 Å². The summed E-state index contributed by atoms with van der Waals surface area (Å²) < 4.78 is 2.25. The van der Waals surface area contributed by atoms with E-state index in [1.807, 2.05) is 0 Å². The van der Waals surface area contributed by atoms with Gasteiger partial charge in [-0.2, -0.15) is 0 Å². The first-order valence-corrected chi connectivity index (χ1v) is 9.21. The number of rotatable bonds is 6. The lowest BCUT2D eigenvalue weighted by Gasteiger charge is -2.08. The van der Waals surface area contributed by atoms with Gasteiger partial charge in [0.15, 0.2) is 0 Å². The molecule has 0 aliphatic heterocycles. The fraction of sp³-hybridized carbons (Fsp3) is 0.318. The molecular weight excluding hydrogens is 308 g/mol. The van der Waals surface area contributed by atoms with Crippen molar-refractivity contribution >= 4 is 16.8 Å². The number of para-hydroxylation sites is 1. The van der Waals surface area contributed by atoms with Crippen LogP contribution in [0.4, 0.5) is 0 Å². The van der Waals surface area contributed by atoms with E-state index in [0.29, 0.717) is 6.42 Å². The summed E-state index contributed by atoms with van der Waals surface area (Å²) >= 11 is 0. The van der Waals surface area contributed by atoms with Crippen LogP contribution in [-0.2, 0) is 30.6 Å². The van der Waals surface area contributed by atoms with Gasteiger partial charge in [0, 0.05) is 24.8 Å². The maximum atomic E-state index is 12.2. The molecule has 128 valence electrons. The van der Waals surface area contributed by atoms with Crippen LogP contribution in [0.3, 0.4) is 0 Å². The first kappa shape index (κ1) is 15.9. The summed E-state index contributed by atoms with van der Waals surface area (Å²) in [5.74, 6) is 0.121. The van der Waals surface area contributed by atoms with Gasteiger partial charge in [-0.15, -0.1) is 0 Å². The van der Waals surface area contributed by atoms with E-state index < -0.39 is 0 Å². The van der Waals surface area contributed by atoms with Gasteiger partial charge in [-0.1, -0.05) is 36.4 Å². The Bertz CT molecular complexity index is 894. The molecule has 3 nitrogen and oxygen atoms in total. The molecule has 1 aromatic heterocycles. The fourth-order valence-electron chi connectivity index (χ4n) is 3.80. The zero-order chi connectivity index (χ0) is 17.1. The van der Waals surface area contributed by atoms with Crippen molar-refractivity contribution in [1.82, 2.24) is 9.88 Å². The van der Waals surface area contributed by atoms with Crippen LogP contribution < -0.4 is 5.32 Å². The number of aromatic nitrogens is 1. The summed E-state index contributed by atoms with van der Waals surface area (Å²) in [6.45, 7) is 1.64. The van der Waals surface area contributed by atoms with Crippen LogP contribution in [-0.4, -0.2) is 17.0 Å². The van der Waals surface area contributed by atoms with E-state index in [4.69, 9.17) is 0 Å². The largest absolute Gasteiger partial charge is 0.356 e. The van der Waals surface area contributed by atoms with E-state index in [-0.39, 0.29) is 5.91 Å². The molecule has 3 heteroatoms. The van der Waals surface area contributed by atoms with E-state index in [0.717, 1.165) is 31.5 Å². The van der Waals surface area contributed by atoms with Crippen LogP contribution in [0.15, 0.2) is 54.7 Å². The van der Waals surface area contributed by atoms with E-state index >= 15 is 0 Å². The van der Waals surface area contributed by atoms with E-state index in [1.165, 1.54) is 34.9 Å². The highest BCUT2D eigenvalue weighted by molar-refractivity contribution is 5.80. The van der Waals surface area contributed by atoms with E-state index in [1.54, 1.807) is 0 Å². The molecule has 1 N–H and O–H groups in total. The van der Waals surface area contributed by atoms with Crippen LogP contribution in [0.5, 0.6) is 0 Å². The Balaban J connectivity index is 1.25. The molecule has 0 bridgehead atoms. The highest BCUT2D eigenvalue weighted by Crippen LogP contribution is 2.23. The Kier molecular flexibility index (Phi) is 4.55. The average Bonchev–Trinajstić information content (AvgIpc) is 3.25. The number of hydrogen-bond donors (Lipinski definition) is 1. The minimum Gasteiger partial charge on any atom is -0.356 e. The molecule has 0 saturated carbocycles. The molecular formula is C22H24N2O. The number of benzene rings is 2. The first-order chi connectivity index (χ1) is 12.3. The van der Waals surface area contributed by atoms with Gasteiger partial charge in [0.05, 0.1) is 6.42 Å². The quantitative estimate of drug-likeness (QED) is 0.683. The Morgan fingerprint density at radius 1 is 1.04 bits per heavy atom. The zero-order valence-electron chi connectivity index (χ0n) is 14.5. The van der Waals surface area contributed by atoms with E-state index in [9.17, 15) is 4.79 Å². The smallest absolute Gasteiger partial charge is 0.224 e. The predicted octanol–water partition coefficient (Wildman–Crippen LogP) is 3.88. The van der Waals surface area contributed by atoms with Gasteiger partial charge in [-0.3, -0.25) is 4.79 Å². The zero-order valence-corrected chi connectivity index (χ0v) is 14.5. The number of aryl methyl sites for hydroxylation is 3. The predicted molar refractivity (Wildman–Crippen MR) is 102 cm³/mol. The number of fused-ring (bicyclic) bond motifs is 2. The normalized spacial score (nSPS) is 13.1. The summed E-state index contributed by atoms with van der Waals surface area (Å²) in [5, 5.41) is 4.32. The van der Waals surface area contributed by atoms with Gasteiger partial charge in [0.2, 0.25) is 5.91 Å². The molecule has 2 aromatic carbocycles. The van der Waals surface area contributed by atoms with Gasteiger partial charge >= 0.3 is 0 Å². The molecule has 0 atom stereocenters. The van der Waals surface area contributed by atoms with Crippen molar-refractivity contribution in [3.8, 4) is 0 Å². The van der Waals surface area contributed by atoms with Crippen LogP contribution in [0.1, 0.15) is 29.5 Å². The van der Waals surface area contributed by atoms with Gasteiger partial charge in [0.1, 0.15) is 0 Å². The number of hydrogen-bond acceptors (Lipinski definition) is 1. The summed E-state index contributed by atoms with van der Waals surface area (Å²) in [5.41, 5.74) is 5.29. The number of amides is 1. The van der Waals surface area contributed by atoms with E-state index in [2.05, 4.69) is 64.6 Å². The summed E-state index contributed by atoms with van der Waals surface area (Å²) in [6.07, 6.45) is 7.15. The molecule has 1 aliphatic carbocycles. The lowest BCUT2D eigenvalue weighted by Crippen LogP contribution is -2.26. The minimum absolute atomic E-state index is 0.121. The topological polar surface area (TPSA) is 34.0 Å². The van der Waals surface area contributed by atoms with Gasteiger partial charge in [-0.05, 0) is 59.9 Å². The molecule has 1 aliphatic rings. The molecule has 4 rings (SSSR count). The average molecular weight is 332 g/mol. The third-order valence-electron chi connectivity index (χ3n) is 5.11. The van der Waals surface area contributed by atoms with Crippen LogP contribution >= 0.6 is 0 Å². The van der Waals surface area contributed by atoms with Gasteiger partial charge in [-0.25, -0.2) is 0 Å². The van der Waals surface area contributed by atoms with Crippen molar-refractivity contribution in [1.29, 1.82) is 0 Å². The SMILES string of the molecule is O=C(Cc1ccc2c(c1)CCC2)NCCCn1ccc2ccccc21. The third kappa shape index (κ3) is 3.60. The lowest BCUT2D eigenvalue weighted by molar-refractivity contribution is -0.120. The summed E-state index contributed by atoms with van der Waals surface area (Å²) in [4.78, 5) is 12.2. The van der Waals surface area contributed by atoms with Crippen molar-refractivity contribution in [2.24, 2.45) is 0 Å². The maximum absolute atomic E-state index is 12.2. The molecule has 0 radical (unpaired) electrons. The van der Waals surface area contributed by atoms with Crippen molar-refractivity contribution in [3.05, 3.63) is 71.4 Å². The van der Waals surface area contributed by atoms with Crippen molar-refractivity contribution in [2.75, 3.05) is 6.54 Å². The fourth-order valence-corrected chi connectivity index (χ4v) is 3.80. The van der Waals surface area contributed by atoms with Crippen molar-refractivity contribution < 1.29 is 4.79 Å². The highest BCUT2D eigenvalue weighted by atomic mass is 16.1. The second-order valence-corrected chi connectivity index (χ2v) is 6.90. The maximum Gasteiger partial charge on any atom is 0.224 e. The van der Waals surface area contributed by atoms with Crippen LogP contribution in [0, 0.1) is 0 Å². The minimum atomic E-state index is 0.121. The third-order valence-corrected chi connectivity index (χ3v) is 5.11. The second kappa shape index (κ2) is 7.14. The molecule has 1 amide bonds. The van der Waals surface area contributed by atoms with Gasteiger partial charge in [0.25, 0.3) is 0 Å². The number of carbonyl (C=O) groups excluding carboxylic acids is 1. The summed E-state index contributed by atoms with van der Waals surface area (Å²) in [7, 11) is 0. The molecule has 0 fully saturated rings.